The molecule has 3 aromatic rings. The van der Waals surface area contributed by atoms with E-state index in [0.29, 0.717) is 23.1 Å². The van der Waals surface area contributed by atoms with Gasteiger partial charge in [0, 0.05) is 6.04 Å². The van der Waals surface area contributed by atoms with Gasteiger partial charge in [-0.15, -0.1) is 0 Å². The van der Waals surface area contributed by atoms with E-state index in [1.807, 2.05) is 4.57 Å². The summed E-state index contributed by atoms with van der Waals surface area (Å²) in [6.45, 7) is 4.16. The summed E-state index contributed by atoms with van der Waals surface area (Å²) in [4.78, 5) is 40.3. The fourth-order valence-corrected chi connectivity index (χ4v) is 5.34. The molecule has 1 aromatic carbocycles. The number of aromatic carboxylic acids is 1. The van der Waals surface area contributed by atoms with Crippen molar-refractivity contribution < 1.29 is 24.2 Å². The van der Waals surface area contributed by atoms with Crippen molar-refractivity contribution in [3.8, 4) is 11.4 Å². The first kappa shape index (κ1) is 24.5. The normalized spacial score (nSPS) is 16.7. The van der Waals surface area contributed by atoms with Gasteiger partial charge in [-0.1, -0.05) is 19.8 Å². The topological polar surface area (TPSA) is 132 Å². The molecule has 1 atom stereocenters. The Morgan fingerprint density at radius 1 is 1.19 bits per heavy atom. The highest BCUT2D eigenvalue weighted by Crippen LogP contribution is 2.45. The summed E-state index contributed by atoms with van der Waals surface area (Å²) in [5.74, 6) is 0.0211. The number of carbonyl (C=O) groups excluding carboxylic acids is 1. The van der Waals surface area contributed by atoms with E-state index >= 15 is 0 Å². The lowest BCUT2D eigenvalue weighted by molar-refractivity contribution is 0.0517. The lowest BCUT2D eigenvalue weighted by atomic mass is 10.00. The number of anilines is 3. The Hall–Kier alpha value is -4.15. The van der Waals surface area contributed by atoms with Crippen LogP contribution in [0.5, 0.6) is 5.75 Å². The second-order valence-electron chi connectivity index (χ2n) is 9.09. The van der Waals surface area contributed by atoms with Crippen LogP contribution in [-0.4, -0.2) is 56.3 Å². The van der Waals surface area contributed by atoms with Crippen molar-refractivity contribution in [1.82, 2.24) is 19.5 Å². The summed E-state index contributed by atoms with van der Waals surface area (Å²) in [7, 11) is 1.48. The molecule has 1 saturated carbocycles. The summed E-state index contributed by atoms with van der Waals surface area (Å²) < 4.78 is 12.6. The number of aromatic nitrogens is 4. The van der Waals surface area contributed by atoms with E-state index in [2.05, 4.69) is 27.1 Å². The van der Waals surface area contributed by atoms with Crippen molar-refractivity contribution in [2.24, 2.45) is 0 Å². The molecule has 3 heterocycles. The number of carbonyl (C=O) groups is 2. The maximum atomic E-state index is 12.8. The number of fused-ring (bicyclic) bond motifs is 3. The zero-order chi connectivity index (χ0) is 26.1. The number of hydrogen-bond donors (Lipinski definition) is 2. The molecule has 0 spiro atoms. The summed E-state index contributed by atoms with van der Waals surface area (Å²) in [6, 6.07) is 4.75. The Labute approximate surface area is 214 Å². The quantitative estimate of drug-likeness (QED) is 0.421. The molecule has 0 saturated heterocycles. The monoisotopic (exact) mass is 506 g/mol. The van der Waals surface area contributed by atoms with Gasteiger partial charge in [0.25, 0.3) is 0 Å². The van der Waals surface area contributed by atoms with Crippen LogP contribution >= 0.6 is 0 Å². The fourth-order valence-electron chi connectivity index (χ4n) is 5.34. The standard InChI is InChI=1S/C26H30N6O5/c1-4-18-22-21(25(35)37-5-2)28-14-31(22)19-13-27-26(30-23(19)32(18)16-8-6-7-9-16)29-17-11-10-15(24(33)34)12-20(17)36-3/h10-14,16,18H,4-9H2,1-3H3,(H,33,34)(H,27,29,30). The van der Waals surface area contributed by atoms with Crippen molar-refractivity contribution >= 4 is 29.4 Å². The lowest BCUT2D eigenvalue weighted by Gasteiger charge is -2.42. The van der Waals surface area contributed by atoms with Crippen molar-refractivity contribution in [2.45, 2.75) is 58.0 Å². The van der Waals surface area contributed by atoms with Crippen LogP contribution in [0, 0.1) is 0 Å². The molecule has 11 heteroatoms. The number of hydrogen-bond acceptors (Lipinski definition) is 9. The van der Waals surface area contributed by atoms with Gasteiger partial charge in [-0.2, -0.15) is 4.98 Å². The average molecular weight is 507 g/mol. The molecule has 1 fully saturated rings. The maximum Gasteiger partial charge on any atom is 0.358 e. The molecule has 2 aliphatic rings. The number of imidazole rings is 1. The predicted octanol–water partition coefficient (Wildman–Crippen LogP) is 4.50. The van der Waals surface area contributed by atoms with Gasteiger partial charge in [-0.25, -0.2) is 19.6 Å². The van der Waals surface area contributed by atoms with E-state index in [9.17, 15) is 14.7 Å². The van der Waals surface area contributed by atoms with Crippen LogP contribution in [0.3, 0.4) is 0 Å². The number of ether oxygens (including phenoxy) is 2. The van der Waals surface area contributed by atoms with E-state index in [0.717, 1.165) is 49.3 Å². The molecule has 1 aliphatic heterocycles. The zero-order valence-corrected chi connectivity index (χ0v) is 21.1. The van der Waals surface area contributed by atoms with Gasteiger partial charge in [0.05, 0.1) is 42.9 Å². The van der Waals surface area contributed by atoms with Gasteiger partial charge in [0.15, 0.2) is 11.5 Å². The van der Waals surface area contributed by atoms with Gasteiger partial charge < -0.3 is 24.8 Å². The number of carboxylic acids is 1. The largest absolute Gasteiger partial charge is 0.495 e. The summed E-state index contributed by atoms with van der Waals surface area (Å²) in [6.07, 6.45) is 8.47. The minimum atomic E-state index is -1.04. The number of carboxylic acid groups (broad SMARTS) is 1. The number of rotatable bonds is 8. The van der Waals surface area contributed by atoms with E-state index in [1.165, 1.54) is 19.2 Å². The first-order valence-corrected chi connectivity index (χ1v) is 12.5. The molecule has 0 bridgehead atoms. The highest BCUT2D eigenvalue weighted by Gasteiger charge is 2.40. The van der Waals surface area contributed by atoms with Gasteiger partial charge in [-0.05, 0) is 44.4 Å². The van der Waals surface area contributed by atoms with Crippen LogP contribution in [0.4, 0.5) is 17.5 Å². The number of nitrogens with zero attached hydrogens (tertiary/aromatic N) is 5. The number of esters is 1. The van der Waals surface area contributed by atoms with Crippen LogP contribution < -0.4 is 15.0 Å². The Morgan fingerprint density at radius 3 is 2.65 bits per heavy atom. The SMILES string of the molecule is CCOC(=O)c1ncn2c1C(CC)N(C1CCCC1)c1nc(Nc3ccc(C(=O)O)cc3OC)ncc1-2. The Morgan fingerprint density at radius 2 is 1.97 bits per heavy atom. The molecule has 37 heavy (non-hydrogen) atoms. The van der Waals surface area contributed by atoms with Gasteiger partial charge >= 0.3 is 11.9 Å². The van der Waals surface area contributed by atoms with Gasteiger partial charge in [-0.3, -0.25) is 4.57 Å². The van der Waals surface area contributed by atoms with Gasteiger partial charge in [0.1, 0.15) is 17.8 Å². The van der Waals surface area contributed by atoms with E-state index < -0.39 is 11.9 Å². The van der Waals surface area contributed by atoms with Gasteiger partial charge in [0.2, 0.25) is 5.95 Å². The third-order valence-electron chi connectivity index (χ3n) is 6.98. The Balaban J connectivity index is 1.60. The third-order valence-corrected chi connectivity index (χ3v) is 6.98. The third kappa shape index (κ3) is 4.34. The van der Waals surface area contributed by atoms with Crippen LogP contribution in [0.2, 0.25) is 0 Å². The fraction of sp³-hybridized carbons (Fsp3) is 0.423. The molecule has 0 radical (unpaired) electrons. The summed E-state index contributed by atoms with van der Waals surface area (Å²) in [5, 5.41) is 12.5. The van der Waals surface area contributed by atoms with Crippen LogP contribution in [0.25, 0.3) is 5.69 Å². The molecule has 11 nitrogen and oxygen atoms in total. The Kier molecular flexibility index (Phi) is 6.68. The minimum Gasteiger partial charge on any atom is -0.495 e. The van der Waals surface area contributed by atoms with Crippen molar-refractivity contribution in [3.63, 3.8) is 0 Å². The predicted molar refractivity (Wildman–Crippen MR) is 136 cm³/mol. The van der Waals surface area contributed by atoms with Crippen LogP contribution in [-0.2, 0) is 4.74 Å². The Bertz CT molecular complexity index is 1330. The number of nitrogens with one attached hydrogen (secondary N) is 1. The maximum absolute atomic E-state index is 12.8. The molecule has 5 rings (SSSR count). The number of benzene rings is 1. The highest BCUT2D eigenvalue weighted by atomic mass is 16.5. The zero-order valence-electron chi connectivity index (χ0n) is 21.1. The summed E-state index contributed by atoms with van der Waals surface area (Å²) in [5.41, 5.74) is 2.55. The van der Waals surface area contributed by atoms with E-state index in [-0.39, 0.29) is 24.3 Å². The van der Waals surface area contributed by atoms with E-state index in [4.69, 9.17) is 14.5 Å². The molecule has 2 N–H and O–H groups in total. The molecule has 194 valence electrons. The minimum absolute atomic E-state index is 0.107. The second-order valence-corrected chi connectivity index (χ2v) is 9.09. The molecule has 1 unspecified atom stereocenters. The molecule has 0 amide bonds. The first-order chi connectivity index (χ1) is 18.0. The number of methoxy groups -OCH3 is 1. The van der Waals surface area contributed by atoms with E-state index in [1.54, 1.807) is 25.5 Å². The molecular formula is C26H30N6O5. The van der Waals surface area contributed by atoms with Crippen LogP contribution in [0.1, 0.15) is 78.5 Å². The summed E-state index contributed by atoms with van der Waals surface area (Å²) >= 11 is 0. The average Bonchev–Trinajstić information content (AvgIpc) is 3.58. The lowest BCUT2D eigenvalue weighted by Crippen LogP contribution is -2.42. The van der Waals surface area contributed by atoms with Crippen molar-refractivity contribution in [3.05, 3.63) is 47.7 Å². The molecular weight excluding hydrogens is 476 g/mol. The second kappa shape index (κ2) is 10.1. The first-order valence-electron chi connectivity index (χ1n) is 12.5. The highest BCUT2D eigenvalue weighted by molar-refractivity contribution is 5.90. The van der Waals surface area contributed by atoms with Crippen molar-refractivity contribution in [1.29, 1.82) is 0 Å². The smallest absolute Gasteiger partial charge is 0.358 e. The van der Waals surface area contributed by atoms with Crippen molar-refractivity contribution in [2.75, 3.05) is 23.9 Å². The van der Waals surface area contributed by atoms with Crippen LogP contribution in [0.15, 0.2) is 30.7 Å². The molecule has 2 aromatic heterocycles. The molecule has 1 aliphatic carbocycles.